The van der Waals surface area contributed by atoms with Crippen LogP contribution in [0.4, 0.5) is 0 Å². The molecule has 3 aliphatic carbocycles. The van der Waals surface area contributed by atoms with E-state index in [1.54, 1.807) is 11.1 Å². The third-order valence-corrected chi connectivity index (χ3v) is 9.51. The van der Waals surface area contributed by atoms with E-state index in [-0.39, 0.29) is 5.41 Å². The lowest BCUT2D eigenvalue weighted by molar-refractivity contribution is 0.0368. The van der Waals surface area contributed by atoms with E-state index in [0.717, 1.165) is 33.9 Å². The third kappa shape index (κ3) is 2.31. The number of rotatable bonds is 1. The number of halogens is 1. The summed E-state index contributed by atoms with van der Waals surface area (Å²) in [4.78, 5) is 0. The Morgan fingerprint density at radius 2 is 1.81 bits per heavy atom. The van der Waals surface area contributed by atoms with Gasteiger partial charge >= 0.3 is 0 Å². The summed E-state index contributed by atoms with van der Waals surface area (Å²) in [6.07, 6.45) is 6.85. The molecule has 0 radical (unpaired) electrons. The van der Waals surface area contributed by atoms with Gasteiger partial charge in [-0.25, -0.2) is 0 Å². The van der Waals surface area contributed by atoms with Gasteiger partial charge in [0.05, 0.1) is 0 Å². The van der Waals surface area contributed by atoms with Crippen LogP contribution in [0.1, 0.15) is 57.1 Å². The van der Waals surface area contributed by atoms with Crippen molar-refractivity contribution in [1.29, 1.82) is 0 Å². The van der Waals surface area contributed by atoms with Crippen molar-refractivity contribution >= 4 is 33.5 Å². The van der Waals surface area contributed by atoms with E-state index in [1.807, 2.05) is 12.1 Å². The summed E-state index contributed by atoms with van der Waals surface area (Å²) in [5, 5.41) is 3.19. The highest BCUT2D eigenvalue weighted by Crippen LogP contribution is 2.65. The van der Waals surface area contributed by atoms with Crippen molar-refractivity contribution < 1.29 is 4.42 Å². The number of furan rings is 1. The molecule has 2 heteroatoms. The molecule has 5 unspecified atom stereocenters. The fourth-order valence-electron chi connectivity index (χ4n) is 8.19. The van der Waals surface area contributed by atoms with Gasteiger partial charge < -0.3 is 4.42 Å². The molecule has 0 amide bonds. The van der Waals surface area contributed by atoms with E-state index in [0.29, 0.717) is 5.92 Å². The van der Waals surface area contributed by atoms with Crippen molar-refractivity contribution in [2.75, 3.05) is 0 Å². The minimum Gasteiger partial charge on any atom is -0.456 e. The molecule has 2 bridgehead atoms. The van der Waals surface area contributed by atoms with Gasteiger partial charge in [-0.1, -0.05) is 62.2 Å². The minimum atomic E-state index is 0.125. The largest absolute Gasteiger partial charge is 0.456 e. The highest BCUT2D eigenvalue weighted by atomic mass is 35.5. The van der Waals surface area contributed by atoms with Crippen LogP contribution in [0.5, 0.6) is 0 Å². The highest BCUT2D eigenvalue weighted by molar-refractivity contribution is 6.31. The Morgan fingerprint density at radius 3 is 2.69 bits per heavy atom. The molecule has 2 fully saturated rings. The van der Waals surface area contributed by atoms with Gasteiger partial charge in [-0.3, -0.25) is 0 Å². The van der Waals surface area contributed by atoms with Crippen LogP contribution in [0, 0.1) is 23.7 Å². The molecule has 1 heterocycles. The first-order valence-electron chi connectivity index (χ1n) is 12.4. The molecule has 162 valence electrons. The quantitative estimate of drug-likeness (QED) is 0.287. The maximum Gasteiger partial charge on any atom is 0.136 e. The Bertz CT molecular complexity index is 1380. The van der Waals surface area contributed by atoms with Crippen LogP contribution in [0.15, 0.2) is 59.0 Å². The second-order valence-electron chi connectivity index (χ2n) is 10.7. The average Bonchev–Trinajstić information content (AvgIpc) is 3.30. The van der Waals surface area contributed by atoms with E-state index >= 15 is 0 Å². The molecule has 1 spiro atoms. The Labute approximate surface area is 194 Å². The van der Waals surface area contributed by atoms with Crippen LogP contribution in [0.3, 0.4) is 0 Å². The Hall–Kier alpha value is -2.25. The van der Waals surface area contributed by atoms with Crippen molar-refractivity contribution in [1.82, 2.24) is 0 Å². The smallest absolute Gasteiger partial charge is 0.136 e. The van der Waals surface area contributed by atoms with Crippen LogP contribution in [0.2, 0.25) is 5.02 Å². The van der Waals surface area contributed by atoms with Crippen LogP contribution in [-0.2, 0) is 5.41 Å². The van der Waals surface area contributed by atoms with Gasteiger partial charge in [-0.2, -0.15) is 0 Å². The average molecular weight is 441 g/mol. The molecule has 1 nitrogen and oxygen atoms in total. The summed E-state index contributed by atoms with van der Waals surface area (Å²) < 4.78 is 6.31. The van der Waals surface area contributed by atoms with Crippen molar-refractivity contribution in [2.24, 2.45) is 23.7 Å². The lowest BCUT2D eigenvalue weighted by Gasteiger charge is -2.54. The van der Waals surface area contributed by atoms with E-state index in [2.05, 4.69) is 56.3 Å². The molecule has 3 aromatic carbocycles. The van der Waals surface area contributed by atoms with Gasteiger partial charge in [-0.15, -0.1) is 0 Å². The van der Waals surface area contributed by atoms with Crippen molar-refractivity contribution in [3.63, 3.8) is 0 Å². The van der Waals surface area contributed by atoms with E-state index in [9.17, 15) is 0 Å². The van der Waals surface area contributed by atoms with Crippen LogP contribution in [0.25, 0.3) is 33.1 Å². The number of hydrogen-bond acceptors (Lipinski definition) is 1. The van der Waals surface area contributed by atoms with E-state index in [4.69, 9.17) is 16.0 Å². The molecule has 3 aliphatic rings. The fraction of sp³-hybridized carbons (Fsp3) is 0.400. The van der Waals surface area contributed by atoms with Gasteiger partial charge in [-0.05, 0) is 89.8 Å². The summed E-state index contributed by atoms with van der Waals surface area (Å²) in [6.45, 7) is 4.93. The predicted molar refractivity (Wildman–Crippen MR) is 133 cm³/mol. The molecule has 0 N–H and O–H groups in total. The molecule has 1 aromatic heterocycles. The SMILES string of the molecule is CCC1CC2CC(C)C3(c4ccccc4-c4c3ccc3oc5cc(Cl)ccc5c43)C(C1)C2. The first-order chi connectivity index (χ1) is 15.6. The summed E-state index contributed by atoms with van der Waals surface area (Å²) in [7, 11) is 0. The van der Waals surface area contributed by atoms with Crippen molar-refractivity contribution in [2.45, 2.75) is 51.4 Å². The highest BCUT2D eigenvalue weighted by Gasteiger charge is 2.57. The first-order valence-corrected chi connectivity index (χ1v) is 12.7. The lowest BCUT2D eigenvalue weighted by Crippen LogP contribution is -2.49. The van der Waals surface area contributed by atoms with Gasteiger partial charge in [0, 0.05) is 27.3 Å². The van der Waals surface area contributed by atoms with Crippen molar-refractivity contribution in [3.8, 4) is 11.1 Å². The molecule has 0 saturated heterocycles. The zero-order valence-electron chi connectivity index (χ0n) is 18.8. The maximum absolute atomic E-state index is 6.31. The monoisotopic (exact) mass is 440 g/mol. The Balaban J connectivity index is 1.58. The zero-order valence-corrected chi connectivity index (χ0v) is 19.6. The van der Waals surface area contributed by atoms with Gasteiger partial charge in [0.15, 0.2) is 0 Å². The molecular weight excluding hydrogens is 412 g/mol. The van der Waals surface area contributed by atoms with Crippen LogP contribution >= 0.6 is 11.6 Å². The number of hydrogen-bond donors (Lipinski definition) is 0. The minimum absolute atomic E-state index is 0.125. The zero-order chi connectivity index (χ0) is 21.6. The standard InChI is InChI=1S/C30H29ClO/c1-3-18-13-19-12-17(2)30(20(14-18)15-19)24-7-5-4-6-22(24)28-25(30)10-11-26-29(28)23-9-8-21(31)16-27(23)32-26/h4-11,16-20H,3,12-15H2,1-2H3. The fourth-order valence-corrected chi connectivity index (χ4v) is 8.36. The lowest BCUT2D eigenvalue weighted by atomic mass is 9.49. The first kappa shape index (κ1) is 19.2. The molecule has 5 atom stereocenters. The van der Waals surface area contributed by atoms with Crippen LogP contribution in [-0.4, -0.2) is 0 Å². The summed E-state index contributed by atoms with van der Waals surface area (Å²) in [6, 6.07) is 20.0. The molecule has 0 aliphatic heterocycles. The second kappa shape index (κ2) is 6.64. The topological polar surface area (TPSA) is 13.1 Å². The molecule has 32 heavy (non-hydrogen) atoms. The Kier molecular flexibility index (Phi) is 3.99. The summed E-state index contributed by atoms with van der Waals surface area (Å²) in [5.41, 5.74) is 7.96. The normalized spacial score (nSPS) is 30.7. The molecule has 4 aromatic rings. The molecular formula is C30H29ClO. The van der Waals surface area contributed by atoms with E-state index in [1.165, 1.54) is 54.0 Å². The van der Waals surface area contributed by atoms with Gasteiger partial charge in [0.25, 0.3) is 0 Å². The van der Waals surface area contributed by atoms with Gasteiger partial charge in [0.1, 0.15) is 11.2 Å². The second-order valence-corrected chi connectivity index (χ2v) is 11.1. The summed E-state index contributed by atoms with van der Waals surface area (Å²) >= 11 is 6.31. The Morgan fingerprint density at radius 1 is 0.938 bits per heavy atom. The maximum atomic E-state index is 6.31. The van der Waals surface area contributed by atoms with E-state index < -0.39 is 0 Å². The number of benzene rings is 3. The summed E-state index contributed by atoms with van der Waals surface area (Å²) in [5.74, 6) is 3.15. The predicted octanol–water partition coefficient (Wildman–Crippen LogP) is 8.99. The number of fused-ring (bicyclic) bond motifs is 12. The van der Waals surface area contributed by atoms with Crippen LogP contribution < -0.4 is 0 Å². The molecule has 7 rings (SSSR count). The van der Waals surface area contributed by atoms with Crippen molar-refractivity contribution in [3.05, 3.63) is 70.7 Å². The molecule has 2 saturated carbocycles. The van der Waals surface area contributed by atoms with Gasteiger partial charge in [0.2, 0.25) is 0 Å². The third-order valence-electron chi connectivity index (χ3n) is 9.28.